The first kappa shape index (κ1) is 15.6. The average molecular weight is 359 g/mol. The Morgan fingerprint density at radius 1 is 1.11 bits per heavy atom. The summed E-state index contributed by atoms with van der Waals surface area (Å²) in [7, 11) is 0. The fourth-order valence-corrected chi connectivity index (χ4v) is 3.73. The lowest BCUT2D eigenvalue weighted by molar-refractivity contribution is 0.0722. The zero-order valence-corrected chi connectivity index (χ0v) is 14.4. The van der Waals surface area contributed by atoms with Crippen LogP contribution in [0.5, 0.6) is 5.75 Å². The quantitative estimate of drug-likeness (QED) is 0.513. The molecule has 0 fully saturated rings. The van der Waals surface area contributed by atoms with Gasteiger partial charge in [-0.25, -0.2) is 9.97 Å². The Kier molecular flexibility index (Phi) is 3.46. The Balaban J connectivity index is 1.51. The number of phenols is 1. The second-order valence-electron chi connectivity index (χ2n) is 6.73. The van der Waals surface area contributed by atoms with Gasteiger partial charge < -0.3 is 20.0 Å². The molecule has 1 atom stereocenters. The molecule has 3 N–H and O–H groups in total. The number of hydrogen-bond donors (Lipinski definition) is 3. The number of H-pyrrole nitrogens is 2. The van der Waals surface area contributed by atoms with E-state index in [0.29, 0.717) is 18.7 Å². The van der Waals surface area contributed by atoms with Crippen molar-refractivity contribution >= 4 is 16.9 Å². The maximum atomic E-state index is 13.1. The molecule has 1 amide bonds. The smallest absolute Gasteiger partial charge is 0.254 e. The number of carbonyl (C=O) groups is 1. The molecule has 7 heteroatoms. The van der Waals surface area contributed by atoms with E-state index in [1.54, 1.807) is 30.9 Å². The number of imidazole rings is 2. The third kappa shape index (κ3) is 2.64. The lowest BCUT2D eigenvalue weighted by Gasteiger charge is -2.32. The van der Waals surface area contributed by atoms with Crippen LogP contribution >= 0.6 is 0 Å². The van der Waals surface area contributed by atoms with E-state index in [9.17, 15) is 9.90 Å². The Labute approximate surface area is 154 Å². The Hall–Kier alpha value is -3.61. The van der Waals surface area contributed by atoms with Crippen LogP contribution in [0, 0.1) is 0 Å². The zero-order chi connectivity index (χ0) is 18.4. The van der Waals surface area contributed by atoms with E-state index in [2.05, 4.69) is 19.9 Å². The van der Waals surface area contributed by atoms with Gasteiger partial charge in [0.1, 0.15) is 5.75 Å². The topological polar surface area (TPSA) is 97.9 Å². The largest absolute Gasteiger partial charge is 0.508 e. The summed E-state index contributed by atoms with van der Waals surface area (Å²) in [6.45, 7) is 0.978. The van der Waals surface area contributed by atoms with Gasteiger partial charge in [0.2, 0.25) is 0 Å². The summed E-state index contributed by atoms with van der Waals surface area (Å²) in [6.07, 6.45) is 3.28. The third-order valence-corrected chi connectivity index (χ3v) is 5.06. The molecule has 7 nitrogen and oxygen atoms in total. The first-order valence-corrected chi connectivity index (χ1v) is 8.72. The number of aromatic hydroxyl groups is 1. The van der Waals surface area contributed by atoms with E-state index in [4.69, 9.17) is 0 Å². The minimum absolute atomic E-state index is 0.0445. The zero-order valence-electron chi connectivity index (χ0n) is 14.4. The van der Waals surface area contributed by atoms with Gasteiger partial charge >= 0.3 is 0 Å². The van der Waals surface area contributed by atoms with Gasteiger partial charge in [0, 0.05) is 18.0 Å². The molecule has 1 unspecified atom stereocenters. The van der Waals surface area contributed by atoms with E-state index in [1.165, 1.54) is 0 Å². The Bertz CT molecular complexity index is 1150. The molecule has 1 aliphatic rings. The summed E-state index contributed by atoms with van der Waals surface area (Å²) in [5, 5.41) is 9.86. The van der Waals surface area contributed by atoms with Crippen molar-refractivity contribution in [2.75, 3.05) is 6.54 Å². The summed E-state index contributed by atoms with van der Waals surface area (Å²) >= 11 is 0. The van der Waals surface area contributed by atoms with E-state index < -0.39 is 0 Å². The number of fused-ring (bicyclic) bond motifs is 2. The summed E-state index contributed by atoms with van der Waals surface area (Å²) in [5.74, 6) is 0.0709. The molecule has 27 heavy (non-hydrogen) atoms. The van der Waals surface area contributed by atoms with Crippen molar-refractivity contribution < 1.29 is 9.90 Å². The number of aromatic nitrogens is 4. The summed E-state index contributed by atoms with van der Waals surface area (Å²) < 4.78 is 0. The van der Waals surface area contributed by atoms with Crippen LogP contribution in [-0.2, 0) is 6.54 Å². The van der Waals surface area contributed by atoms with Crippen molar-refractivity contribution in [3.05, 3.63) is 77.6 Å². The molecule has 1 aliphatic heterocycles. The Morgan fingerprint density at radius 2 is 2.00 bits per heavy atom. The van der Waals surface area contributed by atoms with Crippen molar-refractivity contribution in [3.63, 3.8) is 0 Å². The molecule has 0 saturated heterocycles. The monoisotopic (exact) mass is 359 g/mol. The standard InChI is InChI=1S/C20H17N5O2/c26-14-3-1-2-12(6-14)15-8-25(9-18-19(15)24-11-23-18)20(27)13-4-5-16-17(7-13)22-10-21-16/h1-7,10-11,15,26H,8-9H2,(H,21,22)(H,23,24). The van der Waals surface area contributed by atoms with Crippen LogP contribution in [-0.4, -0.2) is 42.4 Å². The molecule has 5 rings (SSSR count). The van der Waals surface area contributed by atoms with E-state index >= 15 is 0 Å². The second kappa shape index (κ2) is 5.98. The molecule has 2 aromatic heterocycles. The van der Waals surface area contributed by atoms with Crippen LogP contribution in [0.15, 0.2) is 55.1 Å². The molecule has 3 heterocycles. The van der Waals surface area contributed by atoms with E-state index in [-0.39, 0.29) is 17.6 Å². The second-order valence-corrected chi connectivity index (χ2v) is 6.73. The van der Waals surface area contributed by atoms with Gasteiger partial charge in [-0.15, -0.1) is 0 Å². The maximum absolute atomic E-state index is 13.1. The van der Waals surface area contributed by atoms with Crippen molar-refractivity contribution in [1.29, 1.82) is 0 Å². The fourth-order valence-electron chi connectivity index (χ4n) is 3.73. The Morgan fingerprint density at radius 3 is 2.89 bits per heavy atom. The van der Waals surface area contributed by atoms with Gasteiger partial charge in [-0.1, -0.05) is 12.1 Å². The minimum atomic E-state index is -0.0908. The molecule has 134 valence electrons. The van der Waals surface area contributed by atoms with Crippen LogP contribution in [0.3, 0.4) is 0 Å². The normalized spacial score (nSPS) is 16.4. The highest BCUT2D eigenvalue weighted by atomic mass is 16.3. The van der Waals surface area contributed by atoms with Gasteiger partial charge in [-0.2, -0.15) is 0 Å². The molecule has 0 radical (unpaired) electrons. The first-order valence-electron chi connectivity index (χ1n) is 8.72. The van der Waals surface area contributed by atoms with Gasteiger partial charge in [-0.05, 0) is 35.9 Å². The van der Waals surface area contributed by atoms with Crippen molar-refractivity contribution in [2.45, 2.75) is 12.5 Å². The molecular formula is C20H17N5O2. The molecule has 0 spiro atoms. The van der Waals surface area contributed by atoms with E-state index in [0.717, 1.165) is 28.0 Å². The summed E-state index contributed by atoms with van der Waals surface area (Å²) in [6, 6.07) is 12.6. The van der Waals surface area contributed by atoms with Crippen LogP contribution in [0.4, 0.5) is 0 Å². The number of benzene rings is 2. The molecular weight excluding hydrogens is 342 g/mol. The van der Waals surface area contributed by atoms with E-state index in [1.807, 2.05) is 29.2 Å². The summed E-state index contributed by atoms with van der Waals surface area (Å²) in [5.41, 5.74) is 5.07. The maximum Gasteiger partial charge on any atom is 0.254 e. The van der Waals surface area contributed by atoms with Gasteiger partial charge in [-0.3, -0.25) is 4.79 Å². The lowest BCUT2D eigenvalue weighted by atomic mass is 9.90. The number of phenolic OH excluding ortho intramolecular Hbond substituents is 1. The number of amides is 1. The number of aromatic amines is 2. The predicted molar refractivity (Wildman–Crippen MR) is 99.4 cm³/mol. The molecule has 0 bridgehead atoms. The van der Waals surface area contributed by atoms with Crippen LogP contribution in [0.1, 0.15) is 33.2 Å². The van der Waals surface area contributed by atoms with Crippen molar-refractivity contribution in [1.82, 2.24) is 24.8 Å². The highest BCUT2D eigenvalue weighted by Gasteiger charge is 2.32. The molecule has 0 aliphatic carbocycles. The molecule has 4 aromatic rings. The van der Waals surface area contributed by atoms with Crippen LogP contribution in [0.25, 0.3) is 11.0 Å². The van der Waals surface area contributed by atoms with Crippen molar-refractivity contribution in [3.8, 4) is 5.75 Å². The van der Waals surface area contributed by atoms with Gasteiger partial charge in [0.15, 0.2) is 0 Å². The predicted octanol–water partition coefficient (Wildman–Crippen LogP) is 2.78. The fraction of sp³-hybridized carbons (Fsp3) is 0.150. The minimum Gasteiger partial charge on any atom is -0.508 e. The number of hydrogen-bond acceptors (Lipinski definition) is 4. The lowest BCUT2D eigenvalue weighted by Crippen LogP contribution is -2.38. The van der Waals surface area contributed by atoms with Crippen LogP contribution < -0.4 is 0 Å². The van der Waals surface area contributed by atoms with Gasteiger partial charge in [0.25, 0.3) is 5.91 Å². The highest BCUT2D eigenvalue weighted by Crippen LogP contribution is 2.33. The van der Waals surface area contributed by atoms with Crippen LogP contribution in [0.2, 0.25) is 0 Å². The average Bonchev–Trinajstić information content (AvgIpc) is 3.34. The summed E-state index contributed by atoms with van der Waals surface area (Å²) in [4.78, 5) is 29.8. The number of nitrogens with zero attached hydrogens (tertiary/aromatic N) is 3. The number of nitrogens with one attached hydrogen (secondary N) is 2. The number of rotatable bonds is 2. The van der Waals surface area contributed by atoms with Gasteiger partial charge in [0.05, 0.1) is 41.6 Å². The molecule has 2 aromatic carbocycles. The SMILES string of the molecule is O=C(c1ccc2nc[nH]c2c1)N1Cc2[nH]cnc2C(c2cccc(O)c2)C1. The third-order valence-electron chi connectivity index (χ3n) is 5.06. The number of carbonyl (C=O) groups excluding carboxylic acids is 1. The molecule has 0 saturated carbocycles. The highest BCUT2D eigenvalue weighted by molar-refractivity contribution is 5.97. The van der Waals surface area contributed by atoms with Crippen molar-refractivity contribution in [2.24, 2.45) is 0 Å². The first-order chi connectivity index (χ1) is 13.2.